The first kappa shape index (κ1) is 35.7. The van der Waals surface area contributed by atoms with Crippen molar-refractivity contribution in [3.8, 4) is 17.2 Å². The molecule has 0 radical (unpaired) electrons. The normalized spacial score (nSPS) is 15.0. The average Bonchev–Trinajstić information content (AvgIpc) is 3.05. The van der Waals surface area contributed by atoms with Crippen molar-refractivity contribution in [2.24, 2.45) is 4.99 Å². The summed E-state index contributed by atoms with van der Waals surface area (Å²) in [5.74, 6) is -0.0321. The number of fused-ring (bicyclic) bond motifs is 1. The molecule has 0 aliphatic carbocycles. The van der Waals surface area contributed by atoms with Gasteiger partial charge < -0.3 is 39.0 Å². The van der Waals surface area contributed by atoms with Crippen molar-refractivity contribution >= 4 is 34.6 Å². The van der Waals surface area contributed by atoms with Gasteiger partial charge in [0, 0.05) is 57.2 Å². The predicted octanol–water partition coefficient (Wildman–Crippen LogP) is 4.84. The van der Waals surface area contributed by atoms with Gasteiger partial charge in [0.15, 0.2) is 16.7 Å². The number of hydrogen-bond donors (Lipinski definition) is 2. The van der Waals surface area contributed by atoms with Gasteiger partial charge in [0.2, 0.25) is 5.75 Å². The number of carboxylic acids is 2. The van der Waals surface area contributed by atoms with E-state index in [2.05, 4.69) is 16.8 Å². The van der Waals surface area contributed by atoms with E-state index in [-0.39, 0.29) is 5.82 Å². The third-order valence-electron chi connectivity index (χ3n) is 7.43. The molecule has 0 amide bonds. The van der Waals surface area contributed by atoms with Crippen molar-refractivity contribution < 1.29 is 43.1 Å². The van der Waals surface area contributed by atoms with Crippen LogP contribution in [0.25, 0.3) is 0 Å². The molecule has 0 saturated carbocycles. The smallest absolute Gasteiger partial charge is 0.328 e. The highest BCUT2D eigenvalue weighted by Gasteiger charge is 2.29. The first-order valence-electron chi connectivity index (χ1n) is 14.6. The molecule has 246 valence electrons. The van der Waals surface area contributed by atoms with E-state index >= 15 is 0 Å². The maximum Gasteiger partial charge on any atom is 0.328 e. The number of likely N-dealkylation sites (tertiary alicyclic amines) is 1. The Balaban J connectivity index is 0.000000610. The summed E-state index contributed by atoms with van der Waals surface area (Å²) in [7, 11) is 7.05. The lowest BCUT2D eigenvalue weighted by atomic mass is 10.0. The lowest BCUT2D eigenvalue weighted by Gasteiger charge is -2.38. The Hall–Kier alpha value is -3.81. The molecule has 0 spiro atoms. The number of ether oxygens (including phenoxy) is 4. The molecule has 2 aliphatic heterocycles. The number of thioether (sulfide) groups is 1. The SMILES string of the molecule is COc1cc2c(c(OC)c1OC)N=C(N(C)C1CCN(CCCOCCc3ccc(F)cc3)CC1)SC2.O=C(O)/C=C/C(=O)O. The van der Waals surface area contributed by atoms with Gasteiger partial charge in [-0.1, -0.05) is 23.9 Å². The van der Waals surface area contributed by atoms with Crippen molar-refractivity contribution in [2.45, 2.75) is 37.5 Å². The summed E-state index contributed by atoms with van der Waals surface area (Å²) in [5, 5.41) is 16.6. The van der Waals surface area contributed by atoms with E-state index in [0.29, 0.717) is 42.0 Å². The van der Waals surface area contributed by atoms with Crippen LogP contribution in [-0.2, 0) is 26.5 Å². The molecule has 2 N–H and O–H groups in total. The summed E-state index contributed by atoms with van der Waals surface area (Å²) >= 11 is 1.76. The minimum atomic E-state index is -1.26. The molecule has 2 aliphatic rings. The van der Waals surface area contributed by atoms with Crippen LogP contribution in [0.2, 0.25) is 0 Å². The second-order valence-corrected chi connectivity index (χ2v) is 11.3. The fraction of sp³-hybridized carbons (Fsp3) is 0.469. The number of piperidine rings is 1. The number of methoxy groups -OCH3 is 3. The van der Waals surface area contributed by atoms with Crippen LogP contribution in [0.5, 0.6) is 17.2 Å². The van der Waals surface area contributed by atoms with Gasteiger partial charge in [-0.2, -0.15) is 0 Å². The highest BCUT2D eigenvalue weighted by Crippen LogP contribution is 2.49. The maximum atomic E-state index is 13.0. The molecule has 13 heteroatoms. The van der Waals surface area contributed by atoms with E-state index in [1.165, 1.54) is 12.1 Å². The standard InChI is InChI=1S/C28H38FN3O4S.C4H4O4/c1-31(28-30-25-21(19-37-28)18-24(33-2)26(34-3)27(25)35-4)23-10-14-32(15-11-23)13-5-16-36-17-12-20-6-8-22(29)9-7-20;5-3(6)1-2-4(7)8/h6-9,18,23H,5,10-17,19H2,1-4H3;1-2H,(H,5,6)(H,7,8)/b;2-1+. The molecular weight excluding hydrogens is 605 g/mol. The summed E-state index contributed by atoms with van der Waals surface area (Å²) < 4.78 is 35.5. The lowest BCUT2D eigenvalue weighted by molar-refractivity contribution is -0.134. The van der Waals surface area contributed by atoms with Crippen LogP contribution in [0.4, 0.5) is 10.1 Å². The zero-order chi connectivity index (χ0) is 32.8. The van der Waals surface area contributed by atoms with Gasteiger partial charge in [0.25, 0.3) is 0 Å². The number of benzene rings is 2. The van der Waals surface area contributed by atoms with Gasteiger partial charge in [0.05, 0.1) is 27.9 Å². The van der Waals surface area contributed by atoms with Crippen LogP contribution in [0, 0.1) is 5.82 Å². The number of amidine groups is 1. The Bertz CT molecular complexity index is 1310. The minimum Gasteiger partial charge on any atom is -0.493 e. The van der Waals surface area contributed by atoms with Gasteiger partial charge in [-0.15, -0.1) is 0 Å². The molecule has 11 nitrogen and oxygen atoms in total. The van der Waals surface area contributed by atoms with E-state index < -0.39 is 11.9 Å². The first-order valence-corrected chi connectivity index (χ1v) is 15.6. The second-order valence-electron chi connectivity index (χ2n) is 10.4. The molecule has 0 atom stereocenters. The van der Waals surface area contributed by atoms with Crippen molar-refractivity contribution in [2.75, 3.05) is 61.2 Å². The Morgan fingerprint density at radius 3 is 2.24 bits per heavy atom. The number of rotatable bonds is 13. The van der Waals surface area contributed by atoms with Crippen molar-refractivity contribution in [3.05, 3.63) is 59.4 Å². The summed E-state index contributed by atoms with van der Waals surface area (Å²) in [6.45, 7) is 4.63. The average molecular weight is 648 g/mol. The Labute approximate surface area is 267 Å². The summed E-state index contributed by atoms with van der Waals surface area (Å²) in [6, 6.07) is 9.10. The highest BCUT2D eigenvalue weighted by atomic mass is 32.2. The maximum absolute atomic E-state index is 13.0. The molecule has 0 aromatic heterocycles. The molecular formula is C32H42FN3O8S. The molecule has 1 saturated heterocycles. The van der Waals surface area contributed by atoms with Crippen LogP contribution in [0.3, 0.4) is 0 Å². The highest BCUT2D eigenvalue weighted by molar-refractivity contribution is 8.13. The fourth-order valence-electron chi connectivity index (χ4n) is 5.04. The molecule has 45 heavy (non-hydrogen) atoms. The Morgan fingerprint density at radius 2 is 1.67 bits per heavy atom. The molecule has 2 aromatic carbocycles. The molecule has 0 bridgehead atoms. The number of carbonyl (C=O) groups is 2. The number of hydrogen-bond acceptors (Lipinski definition) is 10. The molecule has 2 heterocycles. The largest absolute Gasteiger partial charge is 0.493 e. The van der Waals surface area contributed by atoms with Gasteiger partial charge in [0.1, 0.15) is 11.5 Å². The summed E-state index contributed by atoms with van der Waals surface area (Å²) in [5.41, 5.74) is 3.03. The minimum absolute atomic E-state index is 0.197. The Kier molecular flexibility index (Phi) is 14.4. The number of halogens is 1. The van der Waals surface area contributed by atoms with E-state index in [0.717, 1.165) is 79.7 Å². The number of nitrogens with zero attached hydrogens (tertiary/aromatic N) is 3. The molecule has 0 unspecified atom stereocenters. The van der Waals surface area contributed by atoms with Gasteiger partial charge in [-0.3, -0.25) is 0 Å². The second kappa shape index (κ2) is 18.2. The zero-order valence-corrected chi connectivity index (χ0v) is 27.0. The quantitative estimate of drug-likeness (QED) is 0.229. The van der Waals surface area contributed by atoms with Gasteiger partial charge >= 0.3 is 11.9 Å². The molecule has 4 rings (SSSR count). The monoisotopic (exact) mass is 647 g/mol. The number of aliphatic carboxylic acids is 2. The summed E-state index contributed by atoms with van der Waals surface area (Å²) in [4.78, 5) is 29.0. The Morgan fingerprint density at radius 1 is 1.02 bits per heavy atom. The third-order valence-corrected chi connectivity index (χ3v) is 8.53. The van der Waals surface area contributed by atoms with E-state index in [1.54, 1.807) is 33.1 Å². The van der Waals surface area contributed by atoms with Crippen LogP contribution < -0.4 is 14.2 Å². The van der Waals surface area contributed by atoms with E-state index in [4.69, 9.17) is 34.2 Å². The zero-order valence-electron chi connectivity index (χ0n) is 26.2. The molecule has 1 fully saturated rings. The van der Waals surface area contributed by atoms with E-state index in [9.17, 15) is 14.0 Å². The van der Waals surface area contributed by atoms with Crippen LogP contribution >= 0.6 is 11.8 Å². The number of carboxylic acid groups (broad SMARTS) is 2. The van der Waals surface area contributed by atoms with Crippen molar-refractivity contribution in [3.63, 3.8) is 0 Å². The topological polar surface area (TPSA) is 130 Å². The lowest BCUT2D eigenvalue weighted by Crippen LogP contribution is -2.45. The van der Waals surface area contributed by atoms with Crippen LogP contribution in [-0.4, -0.2) is 104 Å². The fourth-order valence-corrected chi connectivity index (χ4v) is 6.05. The van der Waals surface area contributed by atoms with E-state index in [1.807, 2.05) is 18.2 Å². The van der Waals surface area contributed by atoms with Gasteiger partial charge in [-0.05, 0) is 55.0 Å². The third kappa shape index (κ3) is 10.9. The van der Waals surface area contributed by atoms with Crippen molar-refractivity contribution in [1.82, 2.24) is 9.80 Å². The molecule has 2 aromatic rings. The van der Waals surface area contributed by atoms with Crippen LogP contribution in [0.1, 0.15) is 30.4 Å². The van der Waals surface area contributed by atoms with Gasteiger partial charge in [-0.25, -0.2) is 19.0 Å². The number of aliphatic imine (C=N–C) groups is 1. The summed E-state index contributed by atoms with van der Waals surface area (Å²) in [6.07, 6.45) is 5.17. The first-order chi connectivity index (χ1) is 21.7. The van der Waals surface area contributed by atoms with Crippen molar-refractivity contribution in [1.29, 1.82) is 0 Å². The van der Waals surface area contributed by atoms with Crippen LogP contribution in [0.15, 0.2) is 47.5 Å². The predicted molar refractivity (Wildman–Crippen MR) is 172 cm³/mol.